The number of halogens is 3. The van der Waals surface area contributed by atoms with E-state index in [-0.39, 0.29) is 12.5 Å². The maximum atomic E-state index is 12.5. The van der Waals surface area contributed by atoms with Crippen molar-refractivity contribution in [1.82, 2.24) is 4.98 Å². The fourth-order valence-corrected chi connectivity index (χ4v) is 2.28. The largest absolute Gasteiger partial charge is 0.476 e. The third-order valence-electron chi connectivity index (χ3n) is 3.42. The first-order valence-corrected chi connectivity index (χ1v) is 6.34. The van der Waals surface area contributed by atoms with Crippen LogP contribution in [0, 0.1) is 0 Å². The minimum absolute atomic E-state index is 0.0229. The summed E-state index contributed by atoms with van der Waals surface area (Å²) in [5.74, 6) is -0.0229. The van der Waals surface area contributed by atoms with Crippen molar-refractivity contribution in [3.63, 3.8) is 0 Å². The summed E-state index contributed by atoms with van der Waals surface area (Å²) in [5.41, 5.74) is 4.96. The lowest BCUT2D eigenvalue weighted by atomic mass is 9.83. The summed E-state index contributed by atoms with van der Waals surface area (Å²) >= 11 is 0. The third kappa shape index (κ3) is 3.83. The molecule has 0 saturated heterocycles. The maximum absolute atomic E-state index is 12.5. The van der Waals surface area contributed by atoms with E-state index in [0.29, 0.717) is 0 Å². The van der Waals surface area contributed by atoms with Gasteiger partial charge in [-0.1, -0.05) is 19.3 Å². The smallest absolute Gasteiger partial charge is 0.416 e. The molecule has 0 unspecified atom stereocenters. The molecule has 1 aromatic heterocycles. The molecule has 0 aromatic carbocycles. The van der Waals surface area contributed by atoms with E-state index >= 15 is 0 Å². The summed E-state index contributed by atoms with van der Waals surface area (Å²) in [6.07, 6.45) is 1.62. The molecule has 2 rings (SSSR count). The minimum Gasteiger partial charge on any atom is -0.476 e. The molecular weight excluding hydrogens is 257 g/mol. The zero-order valence-corrected chi connectivity index (χ0v) is 10.5. The average molecular weight is 274 g/mol. The summed E-state index contributed by atoms with van der Waals surface area (Å²) in [7, 11) is 0. The number of nitrogens with zero attached hydrogens (tertiary/aromatic N) is 1. The zero-order valence-electron chi connectivity index (χ0n) is 10.5. The molecule has 0 bridgehead atoms. The summed E-state index contributed by atoms with van der Waals surface area (Å²) in [4.78, 5) is 3.79. The molecular formula is C13H17F3N2O. The molecule has 2 N–H and O–H groups in total. The monoisotopic (exact) mass is 274 g/mol. The second kappa shape index (κ2) is 5.36. The first kappa shape index (κ1) is 14.1. The quantitative estimate of drug-likeness (QED) is 0.921. The number of aromatic nitrogens is 1. The molecule has 3 nitrogen and oxygen atoms in total. The molecule has 6 heteroatoms. The van der Waals surface area contributed by atoms with Gasteiger partial charge in [0.2, 0.25) is 5.88 Å². The van der Waals surface area contributed by atoms with E-state index < -0.39 is 17.3 Å². The Balaban J connectivity index is 1.99. The Kier molecular flexibility index (Phi) is 3.99. The van der Waals surface area contributed by atoms with Crippen LogP contribution >= 0.6 is 0 Å². The number of alkyl halides is 3. The highest BCUT2D eigenvalue weighted by molar-refractivity contribution is 5.23. The van der Waals surface area contributed by atoms with Gasteiger partial charge in [-0.25, -0.2) is 4.98 Å². The van der Waals surface area contributed by atoms with Gasteiger partial charge in [0.25, 0.3) is 0 Å². The molecule has 0 atom stereocenters. The fourth-order valence-electron chi connectivity index (χ4n) is 2.28. The Bertz CT molecular complexity index is 428. The Labute approximate surface area is 110 Å². The number of hydrogen-bond donors (Lipinski definition) is 1. The number of hydrogen-bond acceptors (Lipinski definition) is 3. The Morgan fingerprint density at radius 3 is 2.58 bits per heavy atom. The standard InChI is InChI=1S/C13H17F3N2O/c14-13(15,16)10-4-7-18-11(8-10)19-9-12(17)5-2-1-3-6-12/h4,7-8H,1-3,5-6,9,17H2. The second-order valence-corrected chi connectivity index (χ2v) is 5.09. The Morgan fingerprint density at radius 1 is 1.26 bits per heavy atom. The van der Waals surface area contributed by atoms with Crippen molar-refractivity contribution in [1.29, 1.82) is 0 Å². The summed E-state index contributed by atoms with van der Waals surface area (Å²) < 4.78 is 42.9. The SMILES string of the molecule is NC1(COc2cc(C(F)(F)F)ccn2)CCCCC1. The Morgan fingerprint density at radius 2 is 1.95 bits per heavy atom. The van der Waals surface area contributed by atoms with E-state index in [4.69, 9.17) is 10.5 Å². The predicted molar refractivity (Wildman–Crippen MR) is 64.7 cm³/mol. The van der Waals surface area contributed by atoms with Gasteiger partial charge in [-0.2, -0.15) is 13.2 Å². The number of rotatable bonds is 3. The average Bonchev–Trinajstić information content (AvgIpc) is 2.37. The van der Waals surface area contributed by atoms with E-state index in [1.165, 1.54) is 0 Å². The first-order chi connectivity index (χ1) is 8.89. The lowest BCUT2D eigenvalue weighted by molar-refractivity contribution is -0.137. The Hall–Kier alpha value is -1.30. The van der Waals surface area contributed by atoms with E-state index in [0.717, 1.165) is 50.4 Å². The third-order valence-corrected chi connectivity index (χ3v) is 3.42. The minimum atomic E-state index is -4.38. The molecule has 0 spiro atoms. The van der Waals surface area contributed by atoms with Crippen LogP contribution in [0.3, 0.4) is 0 Å². The summed E-state index contributed by atoms with van der Waals surface area (Å²) in [6, 6.07) is 1.83. The van der Waals surface area contributed by atoms with Crippen molar-refractivity contribution in [3.05, 3.63) is 23.9 Å². The van der Waals surface area contributed by atoms with Crippen LogP contribution in [0.5, 0.6) is 5.88 Å². The van der Waals surface area contributed by atoms with Gasteiger partial charge < -0.3 is 10.5 Å². The van der Waals surface area contributed by atoms with Crippen molar-refractivity contribution in [2.24, 2.45) is 5.73 Å². The highest BCUT2D eigenvalue weighted by Gasteiger charge is 2.32. The van der Waals surface area contributed by atoms with Gasteiger partial charge >= 0.3 is 6.18 Å². The van der Waals surface area contributed by atoms with Crippen LogP contribution in [0.4, 0.5) is 13.2 Å². The van der Waals surface area contributed by atoms with Gasteiger partial charge in [0.1, 0.15) is 6.61 Å². The zero-order chi connectivity index (χ0) is 13.9. The molecule has 0 aliphatic heterocycles. The highest BCUT2D eigenvalue weighted by atomic mass is 19.4. The van der Waals surface area contributed by atoms with Crippen LogP contribution in [-0.4, -0.2) is 17.1 Å². The summed E-state index contributed by atoms with van der Waals surface area (Å²) in [5, 5.41) is 0. The second-order valence-electron chi connectivity index (χ2n) is 5.09. The molecule has 1 heterocycles. The van der Waals surface area contributed by atoms with Crippen LogP contribution in [0.25, 0.3) is 0 Å². The van der Waals surface area contributed by atoms with Crippen molar-refractivity contribution >= 4 is 0 Å². The summed E-state index contributed by atoms with van der Waals surface area (Å²) in [6.45, 7) is 0.210. The van der Waals surface area contributed by atoms with Crippen LogP contribution in [-0.2, 0) is 6.18 Å². The van der Waals surface area contributed by atoms with Crippen molar-refractivity contribution in [3.8, 4) is 5.88 Å². The predicted octanol–water partition coefficient (Wildman–Crippen LogP) is 3.14. The molecule has 106 valence electrons. The van der Waals surface area contributed by atoms with Crippen LogP contribution in [0.1, 0.15) is 37.7 Å². The molecule has 1 saturated carbocycles. The van der Waals surface area contributed by atoms with Gasteiger partial charge in [-0.3, -0.25) is 0 Å². The van der Waals surface area contributed by atoms with Crippen LogP contribution in [0.2, 0.25) is 0 Å². The number of pyridine rings is 1. The van der Waals surface area contributed by atoms with E-state index in [1.54, 1.807) is 0 Å². The van der Waals surface area contributed by atoms with Gasteiger partial charge in [0, 0.05) is 12.3 Å². The van der Waals surface area contributed by atoms with E-state index in [2.05, 4.69) is 4.98 Å². The molecule has 0 amide bonds. The molecule has 1 aliphatic carbocycles. The van der Waals surface area contributed by atoms with Gasteiger partial charge in [-0.15, -0.1) is 0 Å². The fraction of sp³-hybridized carbons (Fsp3) is 0.615. The van der Waals surface area contributed by atoms with Crippen molar-refractivity contribution in [2.45, 2.75) is 43.8 Å². The number of nitrogens with two attached hydrogens (primary N) is 1. The molecule has 19 heavy (non-hydrogen) atoms. The molecule has 1 fully saturated rings. The lowest BCUT2D eigenvalue weighted by Gasteiger charge is -2.32. The normalized spacial score (nSPS) is 19.2. The van der Waals surface area contributed by atoms with Crippen LogP contribution in [0.15, 0.2) is 18.3 Å². The first-order valence-electron chi connectivity index (χ1n) is 6.34. The van der Waals surface area contributed by atoms with Crippen molar-refractivity contribution < 1.29 is 17.9 Å². The molecule has 1 aromatic rings. The topological polar surface area (TPSA) is 48.1 Å². The molecule has 0 radical (unpaired) electrons. The van der Waals surface area contributed by atoms with Gasteiger partial charge in [0.15, 0.2) is 0 Å². The molecule has 1 aliphatic rings. The van der Waals surface area contributed by atoms with E-state index in [1.807, 2.05) is 0 Å². The lowest BCUT2D eigenvalue weighted by Crippen LogP contribution is -2.47. The number of ether oxygens (including phenoxy) is 1. The van der Waals surface area contributed by atoms with Gasteiger partial charge in [0.05, 0.1) is 11.1 Å². The maximum Gasteiger partial charge on any atom is 0.416 e. The van der Waals surface area contributed by atoms with Crippen molar-refractivity contribution in [2.75, 3.05) is 6.61 Å². The van der Waals surface area contributed by atoms with E-state index in [9.17, 15) is 13.2 Å². The van der Waals surface area contributed by atoms with Crippen LogP contribution < -0.4 is 10.5 Å². The van der Waals surface area contributed by atoms with Gasteiger partial charge in [-0.05, 0) is 18.9 Å². The highest BCUT2D eigenvalue weighted by Crippen LogP contribution is 2.31.